The average molecular weight is 255 g/mol. The van der Waals surface area contributed by atoms with Gasteiger partial charge in [-0.2, -0.15) is 0 Å². The summed E-state index contributed by atoms with van der Waals surface area (Å²) >= 11 is 0. The van der Waals surface area contributed by atoms with Crippen LogP contribution in [0.1, 0.15) is 38.5 Å². The summed E-state index contributed by atoms with van der Waals surface area (Å²) in [6.07, 6.45) is 7.27. The fraction of sp³-hybridized carbons (Fsp3) is 0.929. The van der Waals surface area contributed by atoms with Crippen molar-refractivity contribution >= 4 is 5.97 Å². The predicted molar refractivity (Wildman–Crippen MR) is 69.4 cm³/mol. The molecular formula is C14H25NO3. The summed E-state index contributed by atoms with van der Waals surface area (Å²) in [5.41, 5.74) is 0. The van der Waals surface area contributed by atoms with E-state index in [0.29, 0.717) is 12.5 Å². The maximum atomic E-state index is 11.2. The minimum Gasteiger partial charge on any atom is -0.469 e. The van der Waals surface area contributed by atoms with E-state index in [2.05, 4.69) is 4.90 Å². The summed E-state index contributed by atoms with van der Waals surface area (Å²) in [6.45, 7) is 3.78. The zero-order valence-corrected chi connectivity index (χ0v) is 11.4. The maximum absolute atomic E-state index is 11.2. The van der Waals surface area contributed by atoms with E-state index in [-0.39, 0.29) is 5.97 Å². The third-order valence-electron chi connectivity index (χ3n) is 3.90. The Morgan fingerprint density at radius 3 is 2.78 bits per heavy atom. The topological polar surface area (TPSA) is 38.8 Å². The summed E-state index contributed by atoms with van der Waals surface area (Å²) in [7, 11) is 1.46. The molecule has 0 aromatic carbocycles. The molecule has 0 aromatic rings. The maximum Gasteiger partial charge on any atom is 0.306 e. The molecule has 104 valence electrons. The van der Waals surface area contributed by atoms with Gasteiger partial charge < -0.3 is 14.4 Å². The van der Waals surface area contributed by atoms with Gasteiger partial charge in [0.1, 0.15) is 0 Å². The number of hydrogen-bond donors (Lipinski definition) is 0. The molecule has 0 aromatic heterocycles. The van der Waals surface area contributed by atoms with Crippen LogP contribution in [0.25, 0.3) is 0 Å². The molecule has 18 heavy (non-hydrogen) atoms. The number of hydrogen-bond acceptors (Lipinski definition) is 4. The first kappa shape index (κ1) is 13.8. The molecule has 4 heteroatoms. The van der Waals surface area contributed by atoms with Crippen molar-refractivity contribution in [1.29, 1.82) is 0 Å². The lowest BCUT2D eigenvalue weighted by atomic mass is 10.2. The van der Waals surface area contributed by atoms with Gasteiger partial charge in [-0.1, -0.05) is 12.8 Å². The fourth-order valence-corrected chi connectivity index (χ4v) is 2.49. The Morgan fingerprint density at radius 1 is 1.33 bits per heavy atom. The molecule has 1 unspecified atom stereocenters. The Hall–Kier alpha value is -0.610. The highest BCUT2D eigenvalue weighted by molar-refractivity contribution is 5.69. The number of ether oxygens (including phenoxy) is 2. The highest BCUT2D eigenvalue weighted by Crippen LogP contribution is 2.32. The molecule has 2 aliphatic rings. The molecule has 1 saturated carbocycles. The van der Waals surface area contributed by atoms with Crippen LogP contribution in [0.5, 0.6) is 0 Å². The van der Waals surface area contributed by atoms with Crippen molar-refractivity contribution in [2.45, 2.75) is 44.6 Å². The molecule has 1 heterocycles. The molecule has 1 saturated heterocycles. The third kappa shape index (κ3) is 4.94. The molecule has 2 rings (SSSR count). The van der Waals surface area contributed by atoms with Crippen molar-refractivity contribution in [2.75, 3.05) is 33.4 Å². The fourth-order valence-electron chi connectivity index (χ4n) is 2.49. The average Bonchev–Trinajstić information content (AvgIpc) is 3.08. The lowest BCUT2D eigenvalue weighted by Crippen LogP contribution is -2.35. The van der Waals surface area contributed by atoms with Gasteiger partial charge in [-0.05, 0) is 31.7 Å². The summed E-state index contributed by atoms with van der Waals surface area (Å²) in [5.74, 6) is 0.828. The number of nitrogens with zero attached hydrogens (tertiary/aromatic N) is 1. The van der Waals surface area contributed by atoms with Crippen molar-refractivity contribution < 1.29 is 14.3 Å². The van der Waals surface area contributed by atoms with E-state index in [1.165, 1.54) is 32.8 Å². The largest absolute Gasteiger partial charge is 0.469 e. The Labute approximate surface area is 110 Å². The van der Waals surface area contributed by atoms with Gasteiger partial charge in [-0.25, -0.2) is 0 Å². The van der Waals surface area contributed by atoms with Gasteiger partial charge >= 0.3 is 5.97 Å². The van der Waals surface area contributed by atoms with Crippen LogP contribution in [0, 0.1) is 5.92 Å². The van der Waals surface area contributed by atoms with E-state index in [1.807, 2.05) is 0 Å². The van der Waals surface area contributed by atoms with E-state index in [0.717, 1.165) is 38.6 Å². The summed E-state index contributed by atoms with van der Waals surface area (Å²) in [4.78, 5) is 13.6. The van der Waals surface area contributed by atoms with E-state index >= 15 is 0 Å². The molecule has 1 atom stereocenters. The predicted octanol–water partition coefficient (Wildman–Crippen LogP) is 1.83. The number of methoxy groups -OCH3 is 1. The summed E-state index contributed by atoms with van der Waals surface area (Å²) in [5, 5.41) is 0. The lowest BCUT2D eigenvalue weighted by molar-refractivity contribution is -0.141. The van der Waals surface area contributed by atoms with Crippen LogP contribution in [0.3, 0.4) is 0 Å². The number of esters is 1. The van der Waals surface area contributed by atoms with Crippen LogP contribution < -0.4 is 0 Å². The van der Waals surface area contributed by atoms with Gasteiger partial charge in [0.05, 0.1) is 19.6 Å². The van der Waals surface area contributed by atoms with Gasteiger partial charge in [0, 0.05) is 19.7 Å². The van der Waals surface area contributed by atoms with Crippen LogP contribution in [-0.4, -0.2) is 50.3 Å². The number of rotatable bonds is 8. The molecule has 0 spiro atoms. The molecule has 2 fully saturated rings. The molecule has 4 nitrogen and oxygen atoms in total. The van der Waals surface area contributed by atoms with Crippen molar-refractivity contribution in [3.63, 3.8) is 0 Å². The van der Waals surface area contributed by atoms with E-state index in [9.17, 15) is 4.79 Å². The van der Waals surface area contributed by atoms with Crippen LogP contribution in [0.15, 0.2) is 0 Å². The van der Waals surface area contributed by atoms with Crippen LogP contribution >= 0.6 is 0 Å². The molecular weight excluding hydrogens is 230 g/mol. The van der Waals surface area contributed by atoms with Crippen molar-refractivity contribution in [3.8, 4) is 0 Å². The first-order chi connectivity index (χ1) is 8.78. The summed E-state index contributed by atoms with van der Waals surface area (Å²) in [6, 6.07) is 0. The van der Waals surface area contributed by atoms with E-state index < -0.39 is 0 Å². The highest BCUT2D eigenvalue weighted by atomic mass is 16.5. The van der Waals surface area contributed by atoms with Crippen LogP contribution in [0.4, 0.5) is 0 Å². The minimum atomic E-state index is -0.112. The molecule has 0 radical (unpaired) electrons. The van der Waals surface area contributed by atoms with Gasteiger partial charge in [0.15, 0.2) is 0 Å². The molecule has 0 N–H and O–H groups in total. The SMILES string of the molecule is COC(=O)CCN(CCC1CC1)CC1CCCO1. The second-order valence-corrected chi connectivity index (χ2v) is 5.49. The first-order valence-corrected chi connectivity index (χ1v) is 7.18. The van der Waals surface area contributed by atoms with Gasteiger partial charge in [0.2, 0.25) is 0 Å². The standard InChI is InChI=1S/C14H25NO3/c1-17-14(16)7-9-15(8-6-12-4-5-12)11-13-3-2-10-18-13/h12-13H,2-11H2,1H3. The quantitative estimate of drug-likeness (QED) is 0.620. The minimum absolute atomic E-state index is 0.112. The monoisotopic (exact) mass is 255 g/mol. The van der Waals surface area contributed by atoms with E-state index in [1.54, 1.807) is 0 Å². The molecule has 0 amide bonds. The second-order valence-electron chi connectivity index (χ2n) is 5.49. The Morgan fingerprint density at radius 2 is 2.17 bits per heavy atom. The Balaban J connectivity index is 1.70. The molecule has 0 bridgehead atoms. The highest BCUT2D eigenvalue weighted by Gasteiger charge is 2.24. The number of carbonyl (C=O) groups excluding carboxylic acids is 1. The van der Waals surface area contributed by atoms with Crippen molar-refractivity contribution in [1.82, 2.24) is 4.90 Å². The second kappa shape index (κ2) is 7.10. The lowest BCUT2D eigenvalue weighted by Gasteiger charge is -2.24. The summed E-state index contributed by atoms with van der Waals surface area (Å²) < 4.78 is 10.4. The van der Waals surface area contributed by atoms with Crippen LogP contribution in [-0.2, 0) is 14.3 Å². The van der Waals surface area contributed by atoms with Gasteiger partial charge in [-0.3, -0.25) is 4.79 Å². The Bertz CT molecular complexity index is 260. The number of carbonyl (C=O) groups is 1. The van der Waals surface area contributed by atoms with Gasteiger partial charge in [0.25, 0.3) is 0 Å². The van der Waals surface area contributed by atoms with E-state index in [4.69, 9.17) is 9.47 Å². The first-order valence-electron chi connectivity index (χ1n) is 7.18. The van der Waals surface area contributed by atoms with Crippen LogP contribution in [0.2, 0.25) is 0 Å². The zero-order valence-electron chi connectivity index (χ0n) is 11.4. The third-order valence-corrected chi connectivity index (χ3v) is 3.90. The zero-order chi connectivity index (χ0) is 12.8. The van der Waals surface area contributed by atoms with Gasteiger partial charge in [-0.15, -0.1) is 0 Å². The van der Waals surface area contributed by atoms with Crippen molar-refractivity contribution in [3.05, 3.63) is 0 Å². The Kier molecular flexibility index (Phi) is 5.45. The normalized spacial score (nSPS) is 23.6. The smallest absolute Gasteiger partial charge is 0.306 e. The molecule has 1 aliphatic carbocycles. The van der Waals surface area contributed by atoms with Crippen molar-refractivity contribution in [2.24, 2.45) is 5.92 Å². The molecule has 1 aliphatic heterocycles.